The van der Waals surface area contributed by atoms with Crippen molar-refractivity contribution in [3.8, 4) is 0 Å². The highest BCUT2D eigenvalue weighted by atomic mass is 16.5. The molecule has 0 aromatic heterocycles. The van der Waals surface area contributed by atoms with E-state index >= 15 is 0 Å². The molecule has 3 nitrogen and oxygen atoms in total. The summed E-state index contributed by atoms with van der Waals surface area (Å²) >= 11 is 0. The molecule has 0 radical (unpaired) electrons. The van der Waals surface area contributed by atoms with Crippen LogP contribution in [0.3, 0.4) is 0 Å². The zero-order valence-corrected chi connectivity index (χ0v) is 10.8. The Morgan fingerprint density at radius 3 is 2.06 bits per heavy atom. The van der Waals surface area contributed by atoms with Crippen LogP contribution in [-0.4, -0.2) is 23.2 Å². The molecule has 16 heavy (non-hydrogen) atoms. The largest absolute Gasteiger partial charge is 0.462 e. The fourth-order valence-corrected chi connectivity index (χ4v) is 2.89. The fourth-order valence-electron chi connectivity index (χ4n) is 2.89. The van der Waals surface area contributed by atoms with Gasteiger partial charge >= 0.3 is 5.97 Å². The van der Waals surface area contributed by atoms with Crippen LogP contribution in [0.2, 0.25) is 0 Å². The second kappa shape index (κ2) is 3.73. The molecule has 3 heteroatoms. The minimum atomic E-state index is 0.0264. The third-order valence-corrected chi connectivity index (χ3v) is 3.35. The number of hydrogen-bond donors (Lipinski definition) is 1. The summed E-state index contributed by atoms with van der Waals surface area (Å²) in [4.78, 5) is 11.7. The number of ether oxygens (including phenoxy) is 1. The van der Waals surface area contributed by atoms with Crippen LogP contribution in [0.5, 0.6) is 0 Å². The van der Waals surface area contributed by atoms with Gasteiger partial charge in [-0.05, 0) is 40.5 Å². The van der Waals surface area contributed by atoms with Crippen molar-refractivity contribution in [3.63, 3.8) is 0 Å². The van der Waals surface area contributed by atoms with Gasteiger partial charge in [-0.3, -0.25) is 4.79 Å². The van der Waals surface area contributed by atoms with Crippen LogP contribution in [-0.2, 0) is 9.53 Å². The SMILES string of the molecule is CC1(C)CC(OC(=O)C2CC2)CC(C)(C)N1. The lowest BCUT2D eigenvalue weighted by atomic mass is 9.81. The number of nitrogens with one attached hydrogen (secondary N) is 1. The molecule has 1 heterocycles. The number of piperidine rings is 1. The van der Waals surface area contributed by atoms with Crippen LogP contribution in [0.4, 0.5) is 0 Å². The van der Waals surface area contributed by atoms with E-state index in [0.717, 1.165) is 25.7 Å². The zero-order chi connectivity index (χ0) is 12.0. The molecule has 0 aromatic carbocycles. The predicted octanol–water partition coefficient (Wildman–Crippen LogP) is 2.25. The molecular formula is C13H23NO2. The maximum atomic E-state index is 11.7. The van der Waals surface area contributed by atoms with Crippen LogP contribution in [0, 0.1) is 5.92 Å². The summed E-state index contributed by atoms with van der Waals surface area (Å²) in [7, 11) is 0. The second-order valence-electron chi connectivity index (χ2n) is 6.63. The van der Waals surface area contributed by atoms with Gasteiger partial charge in [-0.2, -0.15) is 0 Å². The highest BCUT2D eigenvalue weighted by Gasteiger charge is 2.41. The molecule has 0 amide bonds. The summed E-state index contributed by atoms with van der Waals surface area (Å²) in [6, 6.07) is 0. The molecular weight excluding hydrogens is 202 g/mol. The lowest BCUT2D eigenvalue weighted by Crippen LogP contribution is -2.59. The average Bonchev–Trinajstić information content (AvgIpc) is 2.77. The van der Waals surface area contributed by atoms with Crippen molar-refractivity contribution in [1.82, 2.24) is 5.32 Å². The summed E-state index contributed by atoms with van der Waals surface area (Å²) in [5, 5.41) is 3.59. The molecule has 1 saturated heterocycles. The lowest BCUT2D eigenvalue weighted by Gasteiger charge is -2.45. The summed E-state index contributed by atoms with van der Waals surface area (Å²) in [6.45, 7) is 8.69. The smallest absolute Gasteiger partial charge is 0.309 e. The van der Waals surface area contributed by atoms with E-state index in [1.165, 1.54) is 0 Å². The van der Waals surface area contributed by atoms with Crippen molar-refractivity contribution >= 4 is 5.97 Å². The maximum absolute atomic E-state index is 11.7. The van der Waals surface area contributed by atoms with Crippen LogP contribution >= 0.6 is 0 Å². The first-order valence-corrected chi connectivity index (χ1v) is 6.27. The Bertz CT molecular complexity index is 276. The third kappa shape index (κ3) is 2.97. The Hall–Kier alpha value is -0.570. The van der Waals surface area contributed by atoms with Gasteiger partial charge < -0.3 is 10.1 Å². The van der Waals surface area contributed by atoms with E-state index in [1.54, 1.807) is 0 Å². The van der Waals surface area contributed by atoms with Crippen molar-refractivity contribution in [1.29, 1.82) is 0 Å². The standard InChI is InChI=1S/C13H23NO2/c1-12(2)7-10(8-13(3,4)14-12)16-11(15)9-5-6-9/h9-10,14H,5-8H2,1-4H3. The van der Waals surface area contributed by atoms with Crippen LogP contribution in [0.25, 0.3) is 0 Å². The van der Waals surface area contributed by atoms with E-state index in [0.29, 0.717) is 0 Å². The second-order valence-corrected chi connectivity index (χ2v) is 6.63. The number of carbonyl (C=O) groups is 1. The quantitative estimate of drug-likeness (QED) is 0.732. The Kier molecular flexibility index (Phi) is 2.77. The van der Waals surface area contributed by atoms with Gasteiger partial charge in [0.05, 0.1) is 5.92 Å². The van der Waals surface area contributed by atoms with Crippen molar-refractivity contribution < 1.29 is 9.53 Å². The Labute approximate surface area is 97.9 Å². The van der Waals surface area contributed by atoms with E-state index < -0.39 is 0 Å². The number of rotatable bonds is 2. The average molecular weight is 225 g/mol. The molecule has 1 aliphatic heterocycles. The monoisotopic (exact) mass is 225 g/mol. The van der Waals surface area contributed by atoms with Gasteiger partial charge in [0, 0.05) is 23.9 Å². The first kappa shape index (κ1) is 11.9. The van der Waals surface area contributed by atoms with Gasteiger partial charge in [0.2, 0.25) is 0 Å². The molecule has 1 saturated carbocycles. The van der Waals surface area contributed by atoms with E-state index in [9.17, 15) is 4.79 Å². The number of carbonyl (C=O) groups excluding carboxylic acids is 1. The topological polar surface area (TPSA) is 38.3 Å². The molecule has 0 spiro atoms. The van der Waals surface area contributed by atoms with Crippen LogP contribution in [0.15, 0.2) is 0 Å². The summed E-state index contributed by atoms with van der Waals surface area (Å²) in [5.41, 5.74) is 0.104. The maximum Gasteiger partial charge on any atom is 0.309 e. The Balaban J connectivity index is 1.95. The van der Waals surface area contributed by atoms with E-state index in [-0.39, 0.29) is 29.1 Å². The first-order valence-electron chi connectivity index (χ1n) is 6.27. The minimum Gasteiger partial charge on any atom is -0.462 e. The molecule has 92 valence electrons. The predicted molar refractivity (Wildman–Crippen MR) is 63.1 cm³/mol. The first-order chi connectivity index (χ1) is 7.27. The number of hydrogen-bond acceptors (Lipinski definition) is 3. The molecule has 0 bridgehead atoms. The Morgan fingerprint density at radius 1 is 1.12 bits per heavy atom. The normalized spacial score (nSPS) is 28.8. The van der Waals surface area contributed by atoms with E-state index in [4.69, 9.17) is 4.74 Å². The van der Waals surface area contributed by atoms with Gasteiger partial charge in [-0.15, -0.1) is 0 Å². The molecule has 2 rings (SSSR count). The number of esters is 1. The summed E-state index contributed by atoms with van der Waals surface area (Å²) < 4.78 is 5.61. The third-order valence-electron chi connectivity index (χ3n) is 3.35. The molecule has 0 atom stereocenters. The van der Waals surface area contributed by atoms with Gasteiger partial charge in [0.1, 0.15) is 6.10 Å². The minimum absolute atomic E-state index is 0.0264. The highest BCUT2D eigenvalue weighted by molar-refractivity contribution is 5.75. The highest BCUT2D eigenvalue weighted by Crippen LogP contribution is 2.34. The molecule has 1 aliphatic carbocycles. The van der Waals surface area contributed by atoms with E-state index in [2.05, 4.69) is 33.0 Å². The molecule has 0 aromatic rings. The summed E-state index contributed by atoms with van der Waals surface area (Å²) in [6.07, 6.45) is 3.95. The Morgan fingerprint density at radius 2 is 1.62 bits per heavy atom. The van der Waals surface area contributed by atoms with Gasteiger partial charge in [0.25, 0.3) is 0 Å². The fraction of sp³-hybridized carbons (Fsp3) is 0.923. The van der Waals surface area contributed by atoms with Gasteiger partial charge in [-0.25, -0.2) is 0 Å². The molecule has 2 aliphatic rings. The van der Waals surface area contributed by atoms with Crippen molar-refractivity contribution in [3.05, 3.63) is 0 Å². The van der Waals surface area contributed by atoms with E-state index in [1.807, 2.05) is 0 Å². The summed E-state index contributed by atoms with van der Waals surface area (Å²) in [5.74, 6) is 0.236. The van der Waals surface area contributed by atoms with Crippen molar-refractivity contribution in [2.75, 3.05) is 0 Å². The van der Waals surface area contributed by atoms with Gasteiger partial charge in [0.15, 0.2) is 0 Å². The van der Waals surface area contributed by atoms with Crippen LogP contribution in [0.1, 0.15) is 53.4 Å². The van der Waals surface area contributed by atoms with Gasteiger partial charge in [-0.1, -0.05) is 0 Å². The van der Waals surface area contributed by atoms with Crippen LogP contribution < -0.4 is 5.32 Å². The van der Waals surface area contributed by atoms with Crippen molar-refractivity contribution in [2.24, 2.45) is 5.92 Å². The molecule has 0 unspecified atom stereocenters. The molecule has 1 N–H and O–H groups in total. The van der Waals surface area contributed by atoms with Crippen molar-refractivity contribution in [2.45, 2.75) is 70.6 Å². The zero-order valence-electron chi connectivity index (χ0n) is 10.8. The molecule has 2 fully saturated rings. The lowest BCUT2D eigenvalue weighted by molar-refractivity contribution is -0.154.